The Morgan fingerprint density at radius 3 is 0.604 bits per heavy atom. The van der Waals surface area contributed by atoms with E-state index in [2.05, 4.69) is 198 Å². The van der Waals surface area contributed by atoms with Crippen molar-refractivity contribution in [3.05, 3.63) is 212 Å². The molecular formula is C45H44N2O. The van der Waals surface area contributed by atoms with Crippen molar-refractivity contribution in [2.75, 3.05) is 0 Å². The molecule has 0 aliphatic heterocycles. The Balaban J connectivity index is 1.59. The molecule has 6 rings (SSSR count). The summed E-state index contributed by atoms with van der Waals surface area (Å²) in [6, 6.07) is 50.6. The average molecular weight is 629 g/mol. The number of urea groups is 1. The van der Waals surface area contributed by atoms with Gasteiger partial charge in [-0.05, 0) is 74.9 Å². The Hall–Kier alpha value is -5.41. The molecular weight excluding hydrogens is 585 g/mol. The van der Waals surface area contributed by atoms with Crippen LogP contribution in [0.2, 0.25) is 0 Å². The zero-order valence-corrected chi connectivity index (χ0v) is 28.8. The fourth-order valence-electron chi connectivity index (χ4n) is 6.63. The highest BCUT2D eigenvalue weighted by Crippen LogP contribution is 2.40. The summed E-state index contributed by atoms with van der Waals surface area (Å²) in [7, 11) is 0. The maximum Gasteiger partial charge on any atom is 0.317 e. The van der Waals surface area contributed by atoms with Crippen LogP contribution in [0.1, 0.15) is 66.8 Å². The number of carbonyl (C=O) groups is 1. The Bertz CT molecular complexity index is 1620. The normalized spacial score (nSPS) is 11.6. The van der Waals surface area contributed by atoms with E-state index in [0.717, 1.165) is 66.8 Å². The highest BCUT2D eigenvalue weighted by molar-refractivity contribution is 5.80. The van der Waals surface area contributed by atoms with Gasteiger partial charge < -0.3 is 10.6 Å². The highest BCUT2D eigenvalue weighted by Gasteiger charge is 2.42. The lowest BCUT2D eigenvalue weighted by molar-refractivity contribution is 0.227. The monoisotopic (exact) mass is 628 g/mol. The first kappa shape index (κ1) is 32.5. The standard InChI is InChI=1S/C45H44N2O/c1-31-7-19-37(20-8-31)44(38-21-9-32(2)10-22-38,39-23-11-33(3)12-24-39)46-43(48)47-45(40-25-13-34(4)14-26-40,41-27-15-35(5)16-28-41)42-29-17-36(6)18-30-42/h7-30H,1-6H3,(H2,46,47,48). The van der Waals surface area contributed by atoms with Crippen LogP contribution in [0.5, 0.6) is 0 Å². The fourth-order valence-corrected chi connectivity index (χ4v) is 6.63. The van der Waals surface area contributed by atoms with Crippen LogP contribution in [0, 0.1) is 41.5 Å². The molecule has 0 heterocycles. The van der Waals surface area contributed by atoms with Crippen molar-refractivity contribution in [3.63, 3.8) is 0 Å². The molecule has 0 bridgehead atoms. The molecule has 48 heavy (non-hydrogen) atoms. The van der Waals surface area contributed by atoms with E-state index in [-0.39, 0.29) is 6.03 Å². The Labute approximate surface area is 285 Å². The van der Waals surface area contributed by atoms with Gasteiger partial charge in [-0.3, -0.25) is 0 Å². The summed E-state index contributed by atoms with van der Waals surface area (Å²) in [5.41, 5.74) is 10.8. The lowest BCUT2D eigenvalue weighted by atomic mass is 9.75. The van der Waals surface area contributed by atoms with Gasteiger partial charge in [0.05, 0.1) is 0 Å². The number of hydrogen-bond donors (Lipinski definition) is 2. The molecule has 0 spiro atoms. The molecule has 3 heteroatoms. The second-order valence-electron chi connectivity index (χ2n) is 13.3. The number of carbonyl (C=O) groups excluding carboxylic acids is 1. The van der Waals surface area contributed by atoms with Crippen molar-refractivity contribution in [2.24, 2.45) is 0 Å². The number of amides is 2. The summed E-state index contributed by atoms with van der Waals surface area (Å²) in [4.78, 5) is 15.1. The molecule has 6 aromatic rings. The average Bonchev–Trinajstić information content (AvgIpc) is 3.09. The number of benzene rings is 6. The summed E-state index contributed by atoms with van der Waals surface area (Å²) in [6.07, 6.45) is 0. The number of hydrogen-bond acceptors (Lipinski definition) is 1. The Morgan fingerprint density at radius 2 is 0.458 bits per heavy atom. The third kappa shape index (κ3) is 6.29. The van der Waals surface area contributed by atoms with Crippen molar-refractivity contribution < 1.29 is 4.79 Å². The molecule has 0 aliphatic carbocycles. The second-order valence-corrected chi connectivity index (χ2v) is 13.3. The molecule has 0 atom stereocenters. The molecule has 0 saturated carbocycles. The Morgan fingerprint density at radius 1 is 0.312 bits per heavy atom. The summed E-state index contributed by atoms with van der Waals surface area (Å²) >= 11 is 0. The molecule has 6 aromatic carbocycles. The number of nitrogens with one attached hydrogen (secondary N) is 2. The third-order valence-corrected chi connectivity index (χ3v) is 9.51. The fraction of sp³-hybridized carbons (Fsp3) is 0.178. The molecule has 0 unspecified atom stereocenters. The molecule has 2 N–H and O–H groups in total. The van der Waals surface area contributed by atoms with Gasteiger partial charge in [-0.2, -0.15) is 0 Å². The maximum atomic E-state index is 15.1. The highest BCUT2D eigenvalue weighted by atomic mass is 16.2. The minimum Gasteiger partial charge on any atom is -0.320 e. The minimum atomic E-state index is -0.987. The summed E-state index contributed by atoms with van der Waals surface area (Å²) in [5, 5.41) is 7.17. The van der Waals surface area contributed by atoms with Crippen molar-refractivity contribution >= 4 is 6.03 Å². The van der Waals surface area contributed by atoms with Crippen LogP contribution in [0.15, 0.2) is 146 Å². The third-order valence-electron chi connectivity index (χ3n) is 9.51. The van der Waals surface area contributed by atoms with E-state index >= 15 is 4.79 Å². The molecule has 0 aromatic heterocycles. The van der Waals surface area contributed by atoms with Crippen LogP contribution < -0.4 is 10.6 Å². The predicted octanol–water partition coefficient (Wildman–Crippen LogP) is 10.1. The quantitative estimate of drug-likeness (QED) is 0.162. The molecule has 0 saturated heterocycles. The van der Waals surface area contributed by atoms with Crippen LogP contribution in [0.4, 0.5) is 4.79 Å². The summed E-state index contributed by atoms with van der Waals surface area (Å²) in [5.74, 6) is 0. The number of rotatable bonds is 8. The van der Waals surface area contributed by atoms with Crippen molar-refractivity contribution in [2.45, 2.75) is 52.6 Å². The van der Waals surface area contributed by atoms with Gasteiger partial charge in [0.25, 0.3) is 0 Å². The van der Waals surface area contributed by atoms with Crippen molar-refractivity contribution in [1.82, 2.24) is 10.6 Å². The van der Waals surface area contributed by atoms with E-state index in [1.54, 1.807) is 0 Å². The zero-order chi connectivity index (χ0) is 33.9. The van der Waals surface area contributed by atoms with Gasteiger partial charge in [0, 0.05) is 0 Å². The molecule has 0 fully saturated rings. The molecule has 240 valence electrons. The van der Waals surface area contributed by atoms with Gasteiger partial charge in [-0.25, -0.2) is 4.79 Å². The van der Waals surface area contributed by atoms with Gasteiger partial charge >= 0.3 is 6.03 Å². The van der Waals surface area contributed by atoms with E-state index in [9.17, 15) is 0 Å². The van der Waals surface area contributed by atoms with E-state index in [0.29, 0.717) is 0 Å². The van der Waals surface area contributed by atoms with E-state index in [4.69, 9.17) is 0 Å². The van der Waals surface area contributed by atoms with Crippen LogP contribution in [0.3, 0.4) is 0 Å². The van der Waals surface area contributed by atoms with Gasteiger partial charge in [0.2, 0.25) is 0 Å². The topological polar surface area (TPSA) is 41.1 Å². The Kier molecular flexibility index (Phi) is 9.06. The van der Waals surface area contributed by atoms with Gasteiger partial charge in [-0.15, -0.1) is 0 Å². The lowest BCUT2D eigenvalue weighted by Gasteiger charge is -2.41. The maximum absolute atomic E-state index is 15.1. The molecule has 0 radical (unpaired) electrons. The SMILES string of the molecule is Cc1ccc(C(NC(=O)NC(c2ccc(C)cc2)(c2ccc(C)cc2)c2ccc(C)cc2)(c2ccc(C)cc2)c2ccc(C)cc2)cc1. The van der Waals surface area contributed by atoms with Crippen LogP contribution in [-0.4, -0.2) is 6.03 Å². The summed E-state index contributed by atoms with van der Waals surface area (Å²) < 4.78 is 0. The van der Waals surface area contributed by atoms with Gasteiger partial charge in [0.1, 0.15) is 11.1 Å². The van der Waals surface area contributed by atoms with E-state index in [1.165, 1.54) is 0 Å². The van der Waals surface area contributed by atoms with Crippen molar-refractivity contribution in [3.8, 4) is 0 Å². The van der Waals surface area contributed by atoms with Crippen molar-refractivity contribution in [1.29, 1.82) is 0 Å². The first-order valence-corrected chi connectivity index (χ1v) is 16.6. The summed E-state index contributed by atoms with van der Waals surface area (Å²) in [6.45, 7) is 12.5. The lowest BCUT2D eigenvalue weighted by Crippen LogP contribution is -2.57. The van der Waals surface area contributed by atoms with Crippen LogP contribution in [-0.2, 0) is 11.1 Å². The second kappa shape index (κ2) is 13.4. The van der Waals surface area contributed by atoms with Crippen LogP contribution in [0.25, 0.3) is 0 Å². The van der Waals surface area contributed by atoms with E-state index in [1.807, 2.05) is 0 Å². The molecule has 2 amide bonds. The zero-order valence-electron chi connectivity index (χ0n) is 28.8. The number of aryl methyl sites for hydroxylation is 6. The molecule has 3 nitrogen and oxygen atoms in total. The minimum absolute atomic E-state index is 0.293. The smallest absolute Gasteiger partial charge is 0.317 e. The van der Waals surface area contributed by atoms with Crippen LogP contribution >= 0.6 is 0 Å². The van der Waals surface area contributed by atoms with Gasteiger partial charge in [0.15, 0.2) is 0 Å². The first-order chi connectivity index (χ1) is 23.1. The predicted molar refractivity (Wildman–Crippen MR) is 199 cm³/mol. The first-order valence-electron chi connectivity index (χ1n) is 16.6. The van der Waals surface area contributed by atoms with Gasteiger partial charge in [-0.1, -0.05) is 179 Å². The van der Waals surface area contributed by atoms with E-state index < -0.39 is 11.1 Å². The molecule has 0 aliphatic rings. The largest absolute Gasteiger partial charge is 0.320 e.